The van der Waals surface area contributed by atoms with Gasteiger partial charge in [0.05, 0.1) is 16.4 Å². The van der Waals surface area contributed by atoms with E-state index in [4.69, 9.17) is 10.5 Å². The molecule has 2 aromatic carbocycles. The van der Waals surface area contributed by atoms with Gasteiger partial charge in [-0.1, -0.05) is 28.1 Å². The van der Waals surface area contributed by atoms with Gasteiger partial charge in [0.2, 0.25) is 5.88 Å². The lowest BCUT2D eigenvalue weighted by Crippen LogP contribution is -1.92. The summed E-state index contributed by atoms with van der Waals surface area (Å²) in [5, 5.41) is 2.26. The minimum absolute atomic E-state index is 0.496. The van der Waals surface area contributed by atoms with Gasteiger partial charge in [0.15, 0.2) is 0 Å². The molecule has 3 rings (SSSR count). The van der Waals surface area contributed by atoms with Gasteiger partial charge in [0.1, 0.15) is 5.75 Å². The first kappa shape index (κ1) is 13.4. The average Bonchev–Trinajstić information content (AvgIpc) is 2.42. The monoisotopic (exact) mass is 392 g/mol. The van der Waals surface area contributed by atoms with Gasteiger partial charge in [0.25, 0.3) is 0 Å². The van der Waals surface area contributed by atoms with Crippen LogP contribution in [0.3, 0.4) is 0 Å². The van der Waals surface area contributed by atoms with E-state index in [9.17, 15) is 0 Å². The van der Waals surface area contributed by atoms with Gasteiger partial charge in [0, 0.05) is 4.47 Å². The molecule has 3 nitrogen and oxygen atoms in total. The van der Waals surface area contributed by atoms with Crippen LogP contribution in [-0.2, 0) is 0 Å². The van der Waals surface area contributed by atoms with E-state index < -0.39 is 0 Å². The largest absolute Gasteiger partial charge is 0.438 e. The van der Waals surface area contributed by atoms with Gasteiger partial charge in [-0.25, -0.2) is 4.98 Å². The predicted molar refractivity (Wildman–Crippen MR) is 88.1 cm³/mol. The molecule has 0 unspecified atom stereocenters. The summed E-state index contributed by atoms with van der Waals surface area (Å²) in [5.41, 5.74) is 6.25. The Morgan fingerprint density at radius 1 is 0.950 bits per heavy atom. The summed E-state index contributed by atoms with van der Waals surface area (Å²) in [4.78, 5) is 4.17. The highest BCUT2D eigenvalue weighted by Crippen LogP contribution is 2.31. The van der Waals surface area contributed by atoms with Crippen LogP contribution in [0.25, 0.3) is 10.8 Å². The Labute approximate surface area is 133 Å². The van der Waals surface area contributed by atoms with Crippen molar-refractivity contribution in [2.45, 2.75) is 0 Å². The van der Waals surface area contributed by atoms with Crippen LogP contribution in [0.1, 0.15) is 0 Å². The standard InChI is InChI=1S/C15H10Br2N2O/c16-11-3-1-10-6-13(4-2-9(10)5-11)20-15-14(17)7-12(18)8-19-15/h1-8H,18H2. The van der Waals surface area contributed by atoms with E-state index in [-0.39, 0.29) is 0 Å². The molecule has 3 aromatic rings. The fraction of sp³-hybridized carbons (Fsp3) is 0. The molecule has 0 amide bonds. The summed E-state index contributed by atoms with van der Waals surface area (Å²) >= 11 is 6.85. The summed E-state index contributed by atoms with van der Waals surface area (Å²) in [6.07, 6.45) is 1.57. The fourth-order valence-electron chi connectivity index (χ4n) is 1.89. The maximum absolute atomic E-state index is 5.78. The Morgan fingerprint density at radius 2 is 1.70 bits per heavy atom. The van der Waals surface area contributed by atoms with Crippen molar-refractivity contribution in [2.24, 2.45) is 0 Å². The molecule has 2 N–H and O–H groups in total. The van der Waals surface area contributed by atoms with Gasteiger partial charge in [-0.15, -0.1) is 0 Å². The zero-order valence-electron chi connectivity index (χ0n) is 10.3. The fourth-order valence-corrected chi connectivity index (χ4v) is 2.71. The molecule has 20 heavy (non-hydrogen) atoms. The topological polar surface area (TPSA) is 48.1 Å². The molecule has 100 valence electrons. The van der Waals surface area contributed by atoms with Crippen LogP contribution in [0, 0.1) is 0 Å². The first-order valence-electron chi connectivity index (χ1n) is 5.90. The Morgan fingerprint density at radius 3 is 2.50 bits per heavy atom. The van der Waals surface area contributed by atoms with Gasteiger partial charge >= 0.3 is 0 Å². The summed E-state index contributed by atoms with van der Waals surface area (Å²) in [5.74, 6) is 1.23. The number of nitrogen functional groups attached to an aromatic ring is 1. The number of pyridine rings is 1. The van der Waals surface area contributed by atoms with Crippen LogP contribution in [0.15, 0.2) is 57.6 Å². The Kier molecular flexibility index (Phi) is 3.63. The van der Waals surface area contributed by atoms with Crippen molar-refractivity contribution < 1.29 is 4.74 Å². The summed E-state index contributed by atoms with van der Waals surface area (Å²) in [7, 11) is 0. The second-order valence-electron chi connectivity index (χ2n) is 4.31. The molecule has 0 bridgehead atoms. The van der Waals surface area contributed by atoms with E-state index in [2.05, 4.69) is 42.9 Å². The molecule has 0 saturated heterocycles. The molecule has 0 aliphatic carbocycles. The molecule has 1 aromatic heterocycles. The number of nitrogens with zero attached hydrogens (tertiary/aromatic N) is 1. The number of benzene rings is 2. The zero-order chi connectivity index (χ0) is 14.1. The number of hydrogen-bond donors (Lipinski definition) is 1. The molecule has 0 fully saturated rings. The number of anilines is 1. The third-order valence-corrected chi connectivity index (χ3v) is 3.88. The smallest absolute Gasteiger partial charge is 0.233 e. The van der Waals surface area contributed by atoms with Crippen LogP contribution < -0.4 is 10.5 Å². The summed E-state index contributed by atoms with van der Waals surface area (Å²) < 4.78 is 7.56. The number of nitrogens with two attached hydrogens (primary N) is 1. The third-order valence-electron chi connectivity index (χ3n) is 2.82. The van der Waals surface area contributed by atoms with Gasteiger partial charge in [-0.2, -0.15) is 0 Å². The molecular weight excluding hydrogens is 384 g/mol. The number of aromatic nitrogens is 1. The minimum Gasteiger partial charge on any atom is -0.438 e. The van der Waals surface area contributed by atoms with E-state index in [1.165, 1.54) is 0 Å². The lowest BCUT2D eigenvalue weighted by molar-refractivity contribution is 0.460. The number of hydrogen-bond acceptors (Lipinski definition) is 3. The van der Waals surface area contributed by atoms with Crippen molar-refractivity contribution in [3.05, 3.63) is 57.6 Å². The molecule has 0 saturated carbocycles. The maximum Gasteiger partial charge on any atom is 0.233 e. The normalized spacial score (nSPS) is 10.7. The first-order chi connectivity index (χ1) is 9.61. The van der Waals surface area contributed by atoms with Crippen molar-refractivity contribution in [1.82, 2.24) is 4.98 Å². The molecule has 0 spiro atoms. The lowest BCUT2D eigenvalue weighted by Gasteiger charge is -2.08. The van der Waals surface area contributed by atoms with Gasteiger partial charge in [-0.3, -0.25) is 0 Å². The Balaban J connectivity index is 1.96. The SMILES string of the molecule is Nc1cnc(Oc2ccc3cc(Br)ccc3c2)c(Br)c1. The second kappa shape index (κ2) is 5.42. The van der Waals surface area contributed by atoms with Crippen LogP contribution in [0.2, 0.25) is 0 Å². The van der Waals surface area contributed by atoms with E-state index in [0.29, 0.717) is 11.6 Å². The average molecular weight is 394 g/mol. The van der Waals surface area contributed by atoms with Crippen LogP contribution in [-0.4, -0.2) is 4.98 Å². The highest BCUT2D eigenvalue weighted by atomic mass is 79.9. The molecule has 0 aliphatic heterocycles. The summed E-state index contributed by atoms with van der Waals surface area (Å²) in [6.45, 7) is 0. The van der Waals surface area contributed by atoms with Crippen LogP contribution in [0.4, 0.5) is 5.69 Å². The van der Waals surface area contributed by atoms with Crippen molar-refractivity contribution >= 4 is 48.3 Å². The number of ether oxygens (including phenoxy) is 1. The summed E-state index contributed by atoms with van der Waals surface area (Å²) in [6, 6.07) is 13.8. The van der Waals surface area contributed by atoms with E-state index in [1.807, 2.05) is 30.3 Å². The quantitative estimate of drug-likeness (QED) is 0.656. The second-order valence-corrected chi connectivity index (χ2v) is 6.08. The van der Waals surface area contributed by atoms with Gasteiger partial charge in [-0.05, 0) is 57.0 Å². The van der Waals surface area contributed by atoms with Crippen molar-refractivity contribution in [1.29, 1.82) is 0 Å². The van der Waals surface area contributed by atoms with Crippen molar-refractivity contribution in [3.8, 4) is 11.6 Å². The van der Waals surface area contributed by atoms with Gasteiger partial charge < -0.3 is 10.5 Å². The molecule has 5 heteroatoms. The van der Waals surface area contributed by atoms with Crippen LogP contribution >= 0.6 is 31.9 Å². The van der Waals surface area contributed by atoms with E-state index in [0.717, 1.165) is 25.5 Å². The third kappa shape index (κ3) is 2.78. The highest BCUT2D eigenvalue weighted by molar-refractivity contribution is 9.10. The molecule has 1 heterocycles. The van der Waals surface area contributed by atoms with Crippen molar-refractivity contribution in [3.63, 3.8) is 0 Å². The zero-order valence-corrected chi connectivity index (χ0v) is 13.5. The first-order valence-corrected chi connectivity index (χ1v) is 7.48. The predicted octanol–water partition coefficient (Wildman–Crippen LogP) is 5.13. The number of fused-ring (bicyclic) bond motifs is 1. The van der Waals surface area contributed by atoms with Crippen LogP contribution in [0.5, 0.6) is 11.6 Å². The van der Waals surface area contributed by atoms with E-state index in [1.54, 1.807) is 12.3 Å². The molecule has 0 radical (unpaired) electrons. The highest BCUT2D eigenvalue weighted by Gasteiger charge is 2.06. The van der Waals surface area contributed by atoms with E-state index >= 15 is 0 Å². The minimum atomic E-state index is 0.496. The molecule has 0 atom stereocenters. The van der Waals surface area contributed by atoms with Crippen molar-refractivity contribution in [2.75, 3.05) is 5.73 Å². The lowest BCUT2D eigenvalue weighted by atomic mass is 10.1. The number of halogens is 2. The molecular formula is C15H10Br2N2O. The maximum atomic E-state index is 5.78. The number of rotatable bonds is 2. The Bertz CT molecular complexity index is 790. The Hall–Kier alpha value is -1.59. The molecule has 0 aliphatic rings.